The number of rotatable bonds is 4. The number of benzene rings is 1. The molecule has 0 saturated carbocycles. The van der Waals surface area contributed by atoms with Crippen molar-refractivity contribution in [2.24, 2.45) is 16.8 Å². The molecule has 0 radical (unpaired) electrons. The fraction of sp³-hybridized carbons (Fsp3) is 0.650. The molecule has 1 aromatic carbocycles. The van der Waals surface area contributed by atoms with Crippen molar-refractivity contribution >= 4 is 5.96 Å². The van der Waals surface area contributed by atoms with Crippen LogP contribution in [-0.4, -0.2) is 62.6 Å². The first-order chi connectivity index (χ1) is 11.7. The molecule has 1 unspecified atom stereocenters. The zero-order valence-corrected chi connectivity index (χ0v) is 15.2. The molecule has 2 heterocycles. The maximum Gasteiger partial charge on any atom is 0.193 e. The second kappa shape index (κ2) is 8.52. The fourth-order valence-electron chi connectivity index (χ4n) is 3.97. The van der Waals surface area contributed by atoms with Gasteiger partial charge in [-0.05, 0) is 63.2 Å². The lowest BCUT2D eigenvalue weighted by Gasteiger charge is -2.30. The molecule has 0 spiro atoms. The summed E-state index contributed by atoms with van der Waals surface area (Å²) < 4.78 is 0. The summed E-state index contributed by atoms with van der Waals surface area (Å²) in [5.41, 5.74) is 1.46. The van der Waals surface area contributed by atoms with E-state index < -0.39 is 0 Å². The average molecular weight is 329 g/mol. The number of nitrogens with zero attached hydrogens (tertiary/aromatic N) is 3. The third-order valence-electron chi connectivity index (χ3n) is 5.55. The van der Waals surface area contributed by atoms with Crippen molar-refractivity contribution in [1.29, 1.82) is 0 Å². The second-order valence-corrected chi connectivity index (χ2v) is 7.47. The number of nitrogens with one attached hydrogen (secondary N) is 1. The number of hydrogen-bond donors (Lipinski definition) is 1. The summed E-state index contributed by atoms with van der Waals surface area (Å²) in [5.74, 6) is 2.64. The zero-order valence-electron chi connectivity index (χ0n) is 15.2. The van der Waals surface area contributed by atoms with Crippen LogP contribution in [0.3, 0.4) is 0 Å². The van der Waals surface area contributed by atoms with E-state index in [-0.39, 0.29) is 0 Å². The van der Waals surface area contributed by atoms with E-state index in [0.717, 1.165) is 37.4 Å². The SMILES string of the molecule is CN=C(NCC1CCN(C)CC1)N1CCC(Cc2ccccc2)C1. The molecule has 1 atom stereocenters. The lowest BCUT2D eigenvalue weighted by molar-refractivity contribution is 0.219. The van der Waals surface area contributed by atoms with Gasteiger partial charge in [-0.2, -0.15) is 0 Å². The highest BCUT2D eigenvalue weighted by Gasteiger charge is 2.25. The molecule has 2 fully saturated rings. The van der Waals surface area contributed by atoms with Gasteiger partial charge >= 0.3 is 0 Å². The predicted octanol–water partition coefficient (Wildman–Crippen LogP) is 2.47. The Morgan fingerprint density at radius 1 is 1.08 bits per heavy atom. The Morgan fingerprint density at radius 3 is 2.50 bits per heavy atom. The van der Waals surface area contributed by atoms with Crippen LogP contribution in [0.1, 0.15) is 24.8 Å². The second-order valence-electron chi connectivity index (χ2n) is 7.47. The molecular weight excluding hydrogens is 296 g/mol. The molecule has 132 valence electrons. The molecule has 0 amide bonds. The fourth-order valence-corrected chi connectivity index (χ4v) is 3.97. The van der Waals surface area contributed by atoms with Crippen LogP contribution >= 0.6 is 0 Å². The largest absolute Gasteiger partial charge is 0.356 e. The Labute approximate surface area is 146 Å². The topological polar surface area (TPSA) is 30.9 Å². The first-order valence-corrected chi connectivity index (χ1v) is 9.42. The summed E-state index contributed by atoms with van der Waals surface area (Å²) in [5, 5.41) is 3.64. The lowest BCUT2D eigenvalue weighted by Crippen LogP contribution is -2.43. The van der Waals surface area contributed by atoms with Gasteiger partial charge in [-0.25, -0.2) is 0 Å². The van der Waals surface area contributed by atoms with Crippen molar-refractivity contribution in [3.63, 3.8) is 0 Å². The molecule has 1 N–H and O–H groups in total. The minimum absolute atomic E-state index is 0.745. The third-order valence-corrected chi connectivity index (χ3v) is 5.55. The van der Waals surface area contributed by atoms with E-state index in [4.69, 9.17) is 0 Å². The van der Waals surface area contributed by atoms with Crippen LogP contribution in [0.4, 0.5) is 0 Å². The minimum atomic E-state index is 0.745. The maximum absolute atomic E-state index is 4.53. The number of likely N-dealkylation sites (tertiary alicyclic amines) is 2. The van der Waals surface area contributed by atoms with Crippen LogP contribution in [0.2, 0.25) is 0 Å². The Morgan fingerprint density at radius 2 is 1.79 bits per heavy atom. The van der Waals surface area contributed by atoms with Gasteiger partial charge in [0.25, 0.3) is 0 Å². The number of guanidine groups is 1. The minimum Gasteiger partial charge on any atom is -0.356 e. The van der Waals surface area contributed by atoms with Crippen LogP contribution in [0.15, 0.2) is 35.3 Å². The van der Waals surface area contributed by atoms with Gasteiger partial charge in [0.15, 0.2) is 5.96 Å². The highest BCUT2D eigenvalue weighted by Crippen LogP contribution is 2.21. The van der Waals surface area contributed by atoms with Gasteiger partial charge in [0.1, 0.15) is 0 Å². The molecule has 1 aromatic rings. The van der Waals surface area contributed by atoms with Gasteiger partial charge in [-0.15, -0.1) is 0 Å². The van der Waals surface area contributed by atoms with Crippen molar-refractivity contribution in [2.45, 2.75) is 25.7 Å². The van der Waals surface area contributed by atoms with Gasteiger partial charge in [0.2, 0.25) is 0 Å². The Balaban J connectivity index is 1.45. The quantitative estimate of drug-likeness (QED) is 0.680. The van der Waals surface area contributed by atoms with E-state index in [2.05, 4.69) is 57.5 Å². The van der Waals surface area contributed by atoms with E-state index in [1.165, 1.54) is 44.3 Å². The van der Waals surface area contributed by atoms with Crippen molar-refractivity contribution in [3.05, 3.63) is 35.9 Å². The molecule has 0 bridgehead atoms. The average Bonchev–Trinajstić information content (AvgIpc) is 3.06. The predicted molar refractivity (Wildman–Crippen MR) is 101 cm³/mol. The monoisotopic (exact) mass is 328 g/mol. The van der Waals surface area contributed by atoms with Crippen molar-refractivity contribution < 1.29 is 0 Å². The molecule has 0 aromatic heterocycles. The molecule has 3 rings (SSSR count). The molecule has 2 aliphatic rings. The smallest absolute Gasteiger partial charge is 0.193 e. The van der Waals surface area contributed by atoms with Gasteiger partial charge in [0, 0.05) is 26.7 Å². The Bertz CT molecular complexity index is 520. The van der Waals surface area contributed by atoms with E-state index in [0.29, 0.717) is 0 Å². The number of piperidine rings is 1. The van der Waals surface area contributed by atoms with E-state index in [9.17, 15) is 0 Å². The van der Waals surface area contributed by atoms with Gasteiger partial charge < -0.3 is 15.1 Å². The lowest BCUT2D eigenvalue weighted by atomic mass is 9.97. The zero-order chi connectivity index (χ0) is 16.8. The first kappa shape index (κ1) is 17.3. The standard InChI is InChI=1S/C20H32N4/c1-21-20(22-15-18-8-11-23(2)12-9-18)24-13-10-19(16-24)14-17-6-4-3-5-7-17/h3-7,18-19H,8-16H2,1-2H3,(H,21,22). The number of hydrogen-bond acceptors (Lipinski definition) is 2. The highest BCUT2D eigenvalue weighted by molar-refractivity contribution is 5.80. The highest BCUT2D eigenvalue weighted by atomic mass is 15.3. The van der Waals surface area contributed by atoms with Gasteiger partial charge in [-0.1, -0.05) is 30.3 Å². The molecule has 24 heavy (non-hydrogen) atoms. The van der Waals surface area contributed by atoms with Crippen molar-refractivity contribution in [1.82, 2.24) is 15.1 Å². The Kier molecular flexibility index (Phi) is 6.13. The van der Waals surface area contributed by atoms with Crippen LogP contribution in [0.5, 0.6) is 0 Å². The van der Waals surface area contributed by atoms with Crippen LogP contribution < -0.4 is 5.32 Å². The molecule has 2 aliphatic heterocycles. The van der Waals surface area contributed by atoms with Gasteiger partial charge in [0.05, 0.1) is 0 Å². The number of aliphatic imine (C=N–C) groups is 1. The van der Waals surface area contributed by atoms with Crippen LogP contribution in [-0.2, 0) is 6.42 Å². The molecular formula is C20H32N4. The molecule has 4 heteroatoms. The molecule has 0 aliphatic carbocycles. The summed E-state index contributed by atoms with van der Waals surface area (Å²) in [7, 11) is 4.14. The normalized spacial score (nSPS) is 23.7. The summed E-state index contributed by atoms with van der Waals surface area (Å²) in [6, 6.07) is 10.9. The van der Waals surface area contributed by atoms with Gasteiger partial charge in [-0.3, -0.25) is 4.99 Å². The Hall–Kier alpha value is -1.55. The van der Waals surface area contributed by atoms with Crippen molar-refractivity contribution in [3.8, 4) is 0 Å². The first-order valence-electron chi connectivity index (χ1n) is 9.42. The van der Waals surface area contributed by atoms with E-state index in [1.807, 2.05) is 7.05 Å². The van der Waals surface area contributed by atoms with Crippen LogP contribution in [0.25, 0.3) is 0 Å². The van der Waals surface area contributed by atoms with Crippen LogP contribution in [0, 0.1) is 11.8 Å². The summed E-state index contributed by atoms with van der Waals surface area (Å²) in [4.78, 5) is 9.41. The maximum atomic E-state index is 4.53. The van der Waals surface area contributed by atoms with E-state index >= 15 is 0 Å². The molecule has 4 nitrogen and oxygen atoms in total. The third kappa shape index (κ3) is 4.73. The summed E-state index contributed by atoms with van der Waals surface area (Å²) in [6.45, 7) is 5.79. The summed E-state index contributed by atoms with van der Waals surface area (Å²) in [6.07, 6.45) is 5.06. The van der Waals surface area contributed by atoms with Crippen molar-refractivity contribution in [2.75, 3.05) is 46.8 Å². The van der Waals surface area contributed by atoms with E-state index in [1.54, 1.807) is 0 Å². The molecule has 2 saturated heterocycles. The summed E-state index contributed by atoms with van der Waals surface area (Å²) >= 11 is 0.